The Kier molecular flexibility index (Phi) is 2.71. The molecule has 0 saturated heterocycles. The number of hydrogen-bond acceptors (Lipinski definition) is 1. The Morgan fingerprint density at radius 3 is 2.76 bits per heavy atom. The van der Waals surface area contributed by atoms with Gasteiger partial charge in [0, 0.05) is 17.0 Å². The smallest absolute Gasteiger partial charge is 0.132 e. The Hall–Kier alpha value is -2.68. The summed E-state index contributed by atoms with van der Waals surface area (Å²) in [6.07, 6.45) is 1.91. The van der Waals surface area contributed by atoms with E-state index < -0.39 is 0 Å². The van der Waals surface area contributed by atoms with Gasteiger partial charge in [0.25, 0.3) is 0 Å². The minimum atomic E-state index is -0.183. The third kappa shape index (κ3) is 2.07. The van der Waals surface area contributed by atoms with Gasteiger partial charge in [-0.1, -0.05) is 30.3 Å². The predicted octanol–water partition coefficient (Wildman–Crippen LogP) is 4.38. The number of benzene rings is 2. The number of hydrogen-bond donors (Lipinski definition) is 0. The van der Waals surface area contributed by atoms with Crippen LogP contribution in [0.3, 0.4) is 0 Å². The molecule has 0 bridgehead atoms. The first-order valence-electron chi connectivity index (χ1n) is 6.89. The molecule has 0 radical (unpaired) electrons. The molecule has 102 valence electrons. The second-order valence-corrected chi connectivity index (χ2v) is 5.11. The summed E-state index contributed by atoms with van der Waals surface area (Å²) in [7, 11) is 0. The fourth-order valence-corrected chi connectivity index (χ4v) is 2.69. The third-order valence-electron chi connectivity index (χ3n) is 3.75. The van der Waals surface area contributed by atoms with Crippen molar-refractivity contribution in [3.63, 3.8) is 0 Å². The molecule has 0 saturated carbocycles. The second-order valence-electron chi connectivity index (χ2n) is 5.11. The predicted molar refractivity (Wildman–Crippen MR) is 82.7 cm³/mol. The third-order valence-corrected chi connectivity index (χ3v) is 3.75. The summed E-state index contributed by atoms with van der Waals surface area (Å²) in [4.78, 5) is 4.66. The molecule has 3 heteroatoms. The van der Waals surface area contributed by atoms with Crippen molar-refractivity contribution in [1.29, 1.82) is 0 Å². The van der Waals surface area contributed by atoms with E-state index in [1.807, 2.05) is 53.2 Å². The fraction of sp³-hybridized carbons (Fsp3) is 0.0556. The van der Waals surface area contributed by atoms with Gasteiger partial charge in [-0.3, -0.25) is 4.98 Å². The van der Waals surface area contributed by atoms with Gasteiger partial charge >= 0.3 is 0 Å². The summed E-state index contributed by atoms with van der Waals surface area (Å²) in [5.74, 6) is -0.183. The van der Waals surface area contributed by atoms with Crippen molar-refractivity contribution in [3.8, 4) is 0 Å². The molecule has 0 unspecified atom stereocenters. The Morgan fingerprint density at radius 2 is 1.81 bits per heavy atom. The molecular formula is C18H13FN2. The van der Waals surface area contributed by atoms with Gasteiger partial charge in [-0.2, -0.15) is 0 Å². The molecule has 21 heavy (non-hydrogen) atoms. The number of nitrogens with zero attached hydrogens (tertiary/aromatic N) is 2. The van der Waals surface area contributed by atoms with Crippen LogP contribution in [-0.4, -0.2) is 9.55 Å². The molecule has 0 aliphatic rings. The summed E-state index contributed by atoms with van der Waals surface area (Å²) >= 11 is 0. The van der Waals surface area contributed by atoms with Crippen LogP contribution >= 0.6 is 0 Å². The van der Waals surface area contributed by atoms with Crippen molar-refractivity contribution < 1.29 is 4.39 Å². The Labute approximate surface area is 121 Å². The lowest BCUT2D eigenvalue weighted by molar-refractivity contribution is 0.639. The van der Waals surface area contributed by atoms with Gasteiger partial charge in [-0.05, 0) is 30.3 Å². The van der Waals surface area contributed by atoms with Crippen molar-refractivity contribution in [3.05, 3.63) is 78.4 Å². The highest BCUT2D eigenvalue weighted by Gasteiger charge is 2.06. The van der Waals surface area contributed by atoms with Gasteiger partial charge in [0.2, 0.25) is 0 Å². The maximum Gasteiger partial charge on any atom is 0.132 e. The second kappa shape index (κ2) is 4.70. The van der Waals surface area contributed by atoms with Crippen LogP contribution in [0, 0.1) is 5.82 Å². The monoisotopic (exact) mass is 276 g/mol. The molecule has 4 rings (SSSR count). The number of fused-ring (bicyclic) bond motifs is 2. The summed E-state index contributed by atoms with van der Waals surface area (Å²) < 4.78 is 15.7. The molecule has 2 aromatic carbocycles. The lowest BCUT2D eigenvalue weighted by Crippen LogP contribution is -2.00. The fourth-order valence-electron chi connectivity index (χ4n) is 2.69. The average molecular weight is 276 g/mol. The first-order chi connectivity index (χ1) is 10.3. The topological polar surface area (TPSA) is 17.8 Å². The molecule has 2 aromatic heterocycles. The molecule has 0 atom stereocenters. The maximum absolute atomic E-state index is 13.7. The summed E-state index contributed by atoms with van der Waals surface area (Å²) in [6, 6.07) is 19.1. The van der Waals surface area contributed by atoms with Gasteiger partial charge in [-0.15, -0.1) is 0 Å². The minimum Gasteiger partial charge on any atom is -0.341 e. The molecular weight excluding hydrogens is 263 g/mol. The van der Waals surface area contributed by atoms with Gasteiger partial charge in [-0.25, -0.2) is 4.39 Å². The average Bonchev–Trinajstić information content (AvgIpc) is 2.92. The van der Waals surface area contributed by atoms with Crippen LogP contribution in [-0.2, 0) is 6.54 Å². The van der Waals surface area contributed by atoms with Crippen molar-refractivity contribution in [2.24, 2.45) is 0 Å². The highest BCUT2D eigenvalue weighted by atomic mass is 19.1. The number of rotatable bonds is 2. The van der Waals surface area contributed by atoms with Crippen molar-refractivity contribution in [1.82, 2.24) is 9.55 Å². The van der Waals surface area contributed by atoms with Crippen LogP contribution in [0.5, 0.6) is 0 Å². The van der Waals surface area contributed by atoms with E-state index in [-0.39, 0.29) is 5.82 Å². The number of pyridine rings is 1. The Morgan fingerprint density at radius 1 is 0.905 bits per heavy atom. The highest BCUT2D eigenvalue weighted by molar-refractivity contribution is 5.81. The van der Waals surface area contributed by atoms with Gasteiger partial charge in [0.1, 0.15) is 5.82 Å². The Balaban J connectivity index is 1.77. The first-order valence-corrected chi connectivity index (χ1v) is 6.89. The zero-order chi connectivity index (χ0) is 14.2. The Bertz CT molecular complexity index is 940. The van der Waals surface area contributed by atoms with Crippen LogP contribution in [0.2, 0.25) is 0 Å². The molecule has 0 aliphatic carbocycles. The zero-order valence-electron chi connectivity index (χ0n) is 11.3. The molecule has 0 amide bonds. The molecule has 0 spiro atoms. The molecule has 0 aliphatic heterocycles. The highest BCUT2D eigenvalue weighted by Crippen LogP contribution is 2.20. The summed E-state index contributed by atoms with van der Waals surface area (Å²) in [5, 5.41) is 1.78. The maximum atomic E-state index is 13.7. The van der Waals surface area contributed by atoms with Gasteiger partial charge in [0.15, 0.2) is 0 Å². The molecule has 2 nitrogen and oxygen atoms in total. The summed E-state index contributed by atoms with van der Waals surface area (Å²) in [6.45, 7) is 0.637. The molecule has 0 N–H and O–H groups in total. The molecule has 0 fully saturated rings. The van der Waals surface area contributed by atoms with E-state index in [9.17, 15) is 4.39 Å². The quantitative estimate of drug-likeness (QED) is 0.531. The lowest BCUT2D eigenvalue weighted by atomic mass is 10.2. The van der Waals surface area contributed by atoms with E-state index in [0.29, 0.717) is 11.9 Å². The van der Waals surface area contributed by atoms with Crippen molar-refractivity contribution >= 4 is 21.8 Å². The SMILES string of the molecule is Fc1cccc2c1ccn2Cc1ccc2ccccc2n1. The van der Waals surface area contributed by atoms with E-state index >= 15 is 0 Å². The molecule has 2 heterocycles. The van der Waals surface area contributed by atoms with E-state index in [4.69, 9.17) is 0 Å². The van der Waals surface area contributed by atoms with Gasteiger partial charge < -0.3 is 4.57 Å². The zero-order valence-corrected chi connectivity index (χ0v) is 11.3. The molecule has 4 aromatic rings. The van der Waals surface area contributed by atoms with E-state index in [2.05, 4.69) is 11.1 Å². The van der Waals surface area contributed by atoms with Crippen LogP contribution in [0.25, 0.3) is 21.8 Å². The van der Waals surface area contributed by atoms with E-state index in [1.165, 1.54) is 6.07 Å². The first kappa shape index (κ1) is 12.1. The minimum absolute atomic E-state index is 0.183. The lowest BCUT2D eigenvalue weighted by Gasteiger charge is -2.06. The van der Waals surface area contributed by atoms with Crippen molar-refractivity contribution in [2.45, 2.75) is 6.54 Å². The number of aromatic nitrogens is 2. The standard InChI is InChI=1S/C18H13FN2/c19-16-5-3-7-18-15(16)10-11-21(18)12-14-9-8-13-4-1-2-6-17(13)20-14/h1-11H,12H2. The number of para-hydroxylation sites is 1. The van der Waals surface area contributed by atoms with Gasteiger partial charge in [0.05, 0.1) is 23.3 Å². The van der Waals surface area contributed by atoms with Crippen molar-refractivity contribution in [2.75, 3.05) is 0 Å². The van der Waals surface area contributed by atoms with E-state index in [1.54, 1.807) is 6.07 Å². The van der Waals surface area contributed by atoms with Crippen LogP contribution < -0.4 is 0 Å². The van der Waals surface area contributed by atoms with Crippen LogP contribution in [0.1, 0.15) is 5.69 Å². The largest absolute Gasteiger partial charge is 0.341 e. The summed E-state index contributed by atoms with van der Waals surface area (Å²) in [5.41, 5.74) is 2.85. The normalized spacial score (nSPS) is 11.3. The number of halogens is 1. The van der Waals surface area contributed by atoms with Crippen LogP contribution in [0.15, 0.2) is 66.9 Å². The van der Waals surface area contributed by atoms with E-state index in [0.717, 1.165) is 22.1 Å². The van der Waals surface area contributed by atoms with Crippen LogP contribution in [0.4, 0.5) is 4.39 Å².